The fraction of sp³-hybridized carbons (Fsp3) is 1.00. The molecule has 0 saturated carbocycles. The topological polar surface area (TPSA) is 27.7 Å². The molecule has 0 saturated heterocycles. The summed E-state index contributed by atoms with van der Waals surface area (Å²) < 4.78 is 16.4. The minimum Gasteiger partial charge on any atom is -0.385 e. The van der Waals surface area contributed by atoms with Crippen molar-refractivity contribution in [3.05, 3.63) is 0 Å². The van der Waals surface area contributed by atoms with Crippen molar-refractivity contribution in [2.45, 2.75) is 71.0 Å². The first-order valence-corrected chi connectivity index (χ1v) is 7.73. The molecule has 0 aromatic rings. The second kappa shape index (κ2) is 11.7. The summed E-state index contributed by atoms with van der Waals surface area (Å²) >= 11 is 0. The highest BCUT2D eigenvalue weighted by molar-refractivity contribution is 4.70. The van der Waals surface area contributed by atoms with Crippen LogP contribution in [0.3, 0.4) is 0 Å². The number of ether oxygens (including phenoxy) is 3. The average Bonchev–Trinajstić information content (AvgIpc) is 2.43. The summed E-state index contributed by atoms with van der Waals surface area (Å²) in [6.07, 6.45) is 9.15. The Morgan fingerprint density at radius 3 is 2.05 bits per heavy atom. The maximum atomic E-state index is 5.65. The lowest BCUT2D eigenvalue weighted by molar-refractivity contribution is -0.216. The van der Waals surface area contributed by atoms with E-state index < -0.39 is 0 Å². The van der Waals surface area contributed by atoms with Gasteiger partial charge >= 0.3 is 0 Å². The Labute approximate surface area is 120 Å². The second-order valence-electron chi connectivity index (χ2n) is 5.55. The van der Waals surface area contributed by atoms with Crippen LogP contribution in [-0.4, -0.2) is 33.7 Å². The van der Waals surface area contributed by atoms with E-state index in [1.807, 2.05) is 0 Å². The first kappa shape index (κ1) is 18.9. The summed E-state index contributed by atoms with van der Waals surface area (Å²) in [7, 11) is 5.30. The van der Waals surface area contributed by atoms with Gasteiger partial charge in [-0.15, -0.1) is 0 Å². The number of hydrogen-bond donors (Lipinski definition) is 0. The molecule has 19 heavy (non-hydrogen) atoms. The molecular weight excluding hydrogens is 240 g/mol. The molecule has 1 unspecified atom stereocenters. The molecule has 0 spiro atoms. The normalized spacial score (nSPS) is 13.7. The summed E-state index contributed by atoms with van der Waals surface area (Å²) in [5.74, 6) is 0.345. The van der Waals surface area contributed by atoms with Crippen molar-refractivity contribution in [3.63, 3.8) is 0 Å². The Morgan fingerprint density at radius 1 is 0.895 bits per heavy atom. The average molecular weight is 274 g/mol. The molecule has 0 radical (unpaired) electrons. The van der Waals surface area contributed by atoms with Crippen LogP contribution in [0, 0.1) is 5.92 Å². The van der Waals surface area contributed by atoms with Crippen LogP contribution in [0.5, 0.6) is 0 Å². The van der Waals surface area contributed by atoms with Gasteiger partial charge in [0.15, 0.2) is 5.79 Å². The van der Waals surface area contributed by atoms with Crippen LogP contribution in [0.1, 0.15) is 65.2 Å². The van der Waals surface area contributed by atoms with Crippen molar-refractivity contribution in [2.24, 2.45) is 5.92 Å². The van der Waals surface area contributed by atoms with Crippen molar-refractivity contribution < 1.29 is 14.2 Å². The van der Waals surface area contributed by atoms with E-state index in [1.54, 1.807) is 21.3 Å². The van der Waals surface area contributed by atoms with Crippen LogP contribution >= 0.6 is 0 Å². The monoisotopic (exact) mass is 274 g/mol. The van der Waals surface area contributed by atoms with Crippen LogP contribution in [0.4, 0.5) is 0 Å². The van der Waals surface area contributed by atoms with Gasteiger partial charge in [-0.2, -0.15) is 0 Å². The lowest BCUT2D eigenvalue weighted by Gasteiger charge is -2.31. The molecule has 3 nitrogen and oxygen atoms in total. The Morgan fingerprint density at radius 2 is 1.53 bits per heavy atom. The van der Waals surface area contributed by atoms with E-state index in [4.69, 9.17) is 14.2 Å². The SMILES string of the molecule is CCCCCC(CCCC(C)CCOC)(OC)OC. The number of methoxy groups -OCH3 is 3. The lowest BCUT2D eigenvalue weighted by atomic mass is 9.96. The van der Waals surface area contributed by atoms with E-state index in [-0.39, 0.29) is 5.79 Å². The standard InChI is InChI=1S/C16H34O3/c1-6-7-8-12-16(18-4,19-5)13-9-10-15(2)11-14-17-3/h15H,6-14H2,1-5H3. The minimum absolute atomic E-state index is 0.365. The van der Waals surface area contributed by atoms with Gasteiger partial charge in [0.25, 0.3) is 0 Å². The molecule has 0 aliphatic carbocycles. The minimum atomic E-state index is -0.365. The molecular formula is C16H34O3. The molecule has 0 aromatic heterocycles. The molecule has 0 heterocycles. The van der Waals surface area contributed by atoms with E-state index in [0.29, 0.717) is 5.92 Å². The van der Waals surface area contributed by atoms with E-state index in [2.05, 4.69) is 13.8 Å². The van der Waals surface area contributed by atoms with E-state index in [0.717, 1.165) is 32.3 Å². The highest BCUT2D eigenvalue weighted by Gasteiger charge is 2.28. The molecule has 0 fully saturated rings. The van der Waals surface area contributed by atoms with Gasteiger partial charge in [0.05, 0.1) is 0 Å². The third-order valence-corrected chi connectivity index (χ3v) is 3.97. The predicted octanol–water partition coefficient (Wildman–Crippen LogP) is 4.40. The Hall–Kier alpha value is -0.120. The van der Waals surface area contributed by atoms with Crippen molar-refractivity contribution in [1.82, 2.24) is 0 Å². The zero-order valence-corrected chi connectivity index (χ0v) is 13.7. The number of rotatable bonds is 13. The van der Waals surface area contributed by atoms with Crippen molar-refractivity contribution in [2.75, 3.05) is 27.9 Å². The molecule has 0 N–H and O–H groups in total. The Balaban J connectivity index is 3.98. The summed E-state index contributed by atoms with van der Waals surface area (Å²) in [6, 6.07) is 0. The predicted molar refractivity (Wildman–Crippen MR) is 80.4 cm³/mol. The fourth-order valence-electron chi connectivity index (χ4n) is 2.44. The summed E-state index contributed by atoms with van der Waals surface area (Å²) in [5.41, 5.74) is 0. The van der Waals surface area contributed by atoms with Crippen LogP contribution in [0.15, 0.2) is 0 Å². The highest BCUT2D eigenvalue weighted by Crippen LogP contribution is 2.27. The maximum Gasteiger partial charge on any atom is 0.167 e. The lowest BCUT2D eigenvalue weighted by Crippen LogP contribution is -2.33. The Bertz CT molecular complexity index is 190. The van der Waals surface area contributed by atoms with Gasteiger partial charge < -0.3 is 14.2 Å². The zero-order chi connectivity index (χ0) is 14.6. The summed E-state index contributed by atoms with van der Waals surface area (Å²) in [4.78, 5) is 0. The van der Waals surface area contributed by atoms with Gasteiger partial charge in [0, 0.05) is 40.8 Å². The van der Waals surface area contributed by atoms with E-state index in [9.17, 15) is 0 Å². The third-order valence-electron chi connectivity index (χ3n) is 3.97. The maximum absolute atomic E-state index is 5.65. The van der Waals surface area contributed by atoms with Gasteiger partial charge in [0.1, 0.15) is 0 Å². The van der Waals surface area contributed by atoms with Gasteiger partial charge in [-0.1, -0.05) is 33.1 Å². The smallest absolute Gasteiger partial charge is 0.167 e. The highest BCUT2D eigenvalue weighted by atomic mass is 16.7. The van der Waals surface area contributed by atoms with Crippen LogP contribution < -0.4 is 0 Å². The molecule has 0 bridgehead atoms. The van der Waals surface area contributed by atoms with Crippen LogP contribution in [-0.2, 0) is 14.2 Å². The summed E-state index contributed by atoms with van der Waals surface area (Å²) in [5, 5.41) is 0. The van der Waals surface area contributed by atoms with Gasteiger partial charge in [0.2, 0.25) is 0 Å². The molecule has 1 atom stereocenters. The van der Waals surface area contributed by atoms with E-state index in [1.165, 1.54) is 25.7 Å². The molecule has 0 amide bonds. The third kappa shape index (κ3) is 8.61. The first-order valence-electron chi connectivity index (χ1n) is 7.73. The van der Waals surface area contributed by atoms with Crippen molar-refractivity contribution in [3.8, 4) is 0 Å². The van der Waals surface area contributed by atoms with Crippen LogP contribution in [0.2, 0.25) is 0 Å². The first-order chi connectivity index (χ1) is 9.14. The van der Waals surface area contributed by atoms with Crippen LogP contribution in [0.25, 0.3) is 0 Å². The molecule has 0 aromatic carbocycles. The van der Waals surface area contributed by atoms with Gasteiger partial charge in [-0.3, -0.25) is 0 Å². The molecule has 116 valence electrons. The molecule has 0 rings (SSSR count). The fourth-order valence-corrected chi connectivity index (χ4v) is 2.44. The Kier molecular flexibility index (Phi) is 11.6. The quantitative estimate of drug-likeness (QED) is 0.368. The zero-order valence-electron chi connectivity index (χ0n) is 13.7. The van der Waals surface area contributed by atoms with Gasteiger partial charge in [-0.05, 0) is 25.2 Å². The van der Waals surface area contributed by atoms with E-state index >= 15 is 0 Å². The summed E-state index contributed by atoms with van der Waals surface area (Å²) in [6.45, 7) is 5.37. The van der Waals surface area contributed by atoms with Crippen molar-refractivity contribution >= 4 is 0 Å². The largest absolute Gasteiger partial charge is 0.385 e. The molecule has 0 aliphatic heterocycles. The molecule has 0 aliphatic rings. The molecule has 3 heteroatoms. The van der Waals surface area contributed by atoms with Gasteiger partial charge in [-0.25, -0.2) is 0 Å². The van der Waals surface area contributed by atoms with Crippen molar-refractivity contribution in [1.29, 1.82) is 0 Å². The number of unbranched alkanes of at least 4 members (excludes halogenated alkanes) is 2. The number of hydrogen-bond acceptors (Lipinski definition) is 3. The second-order valence-corrected chi connectivity index (χ2v) is 5.55.